The number of para-hydroxylation sites is 1. The number of anilines is 1. The van der Waals surface area contributed by atoms with Gasteiger partial charge in [-0.25, -0.2) is 4.79 Å². The minimum Gasteiger partial charge on any atom is -0.507 e. The molecule has 0 spiro atoms. The number of carbonyl (C=O) groups is 2. The predicted molar refractivity (Wildman–Crippen MR) is 100 cm³/mol. The van der Waals surface area contributed by atoms with Crippen LogP contribution in [0.15, 0.2) is 29.8 Å². The Kier molecular flexibility index (Phi) is 6.15. The van der Waals surface area contributed by atoms with Gasteiger partial charge in [-0.05, 0) is 38.5 Å². The molecule has 2 aromatic rings. The quantitative estimate of drug-likeness (QED) is 0.474. The maximum atomic E-state index is 12.5. The van der Waals surface area contributed by atoms with Crippen molar-refractivity contribution in [3.63, 3.8) is 0 Å². The Morgan fingerprint density at radius 3 is 2.65 bits per heavy atom. The van der Waals surface area contributed by atoms with Crippen molar-refractivity contribution in [2.24, 2.45) is 0 Å². The van der Waals surface area contributed by atoms with E-state index < -0.39 is 11.9 Å². The number of aryl methyl sites for hydroxylation is 1. The van der Waals surface area contributed by atoms with E-state index in [1.807, 2.05) is 13.0 Å². The van der Waals surface area contributed by atoms with E-state index in [0.717, 1.165) is 10.4 Å². The molecule has 0 aliphatic carbocycles. The predicted octanol–water partition coefficient (Wildman–Crippen LogP) is 3.79. The molecule has 0 unspecified atom stereocenters. The molecule has 134 valence electrons. The molecule has 0 aliphatic rings. The third-order valence-corrected chi connectivity index (χ3v) is 4.82. The fraction of sp³-hybridized carbons (Fsp3) is 0.211. The molecule has 7 heteroatoms. The number of hydrogen-bond acceptors (Lipinski definition) is 6. The second-order valence-corrected chi connectivity index (χ2v) is 6.62. The Morgan fingerprint density at radius 1 is 1.35 bits per heavy atom. The van der Waals surface area contributed by atoms with Crippen LogP contribution in [0, 0.1) is 25.2 Å². The zero-order valence-electron chi connectivity index (χ0n) is 14.6. The van der Waals surface area contributed by atoms with Crippen LogP contribution in [0.25, 0.3) is 6.08 Å². The molecular weight excluding hydrogens is 352 g/mol. The molecule has 1 aromatic carbocycles. The summed E-state index contributed by atoms with van der Waals surface area (Å²) in [6, 6.07) is 8.19. The van der Waals surface area contributed by atoms with Crippen molar-refractivity contribution in [2.45, 2.75) is 20.8 Å². The van der Waals surface area contributed by atoms with E-state index in [2.05, 4.69) is 5.32 Å². The molecule has 1 amide bonds. The van der Waals surface area contributed by atoms with Gasteiger partial charge in [0, 0.05) is 10.4 Å². The molecule has 2 N–H and O–H groups in total. The SMILES string of the molecule is CCOC(=O)c1c(NC(=O)/C(C#N)=C/c2ccccc2O)sc(C)c1C. The summed E-state index contributed by atoms with van der Waals surface area (Å²) in [5.41, 5.74) is 1.18. The van der Waals surface area contributed by atoms with Crippen LogP contribution in [0.4, 0.5) is 5.00 Å². The van der Waals surface area contributed by atoms with E-state index in [4.69, 9.17) is 4.74 Å². The van der Waals surface area contributed by atoms with E-state index in [0.29, 0.717) is 16.1 Å². The molecule has 1 aromatic heterocycles. The maximum absolute atomic E-state index is 12.5. The Labute approximate surface area is 155 Å². The second kappa shape index (κ2) is 8.32. The highest BCUT2D eigenvalue weighted by Crippen LogP contribution is 2.33. The smallest absolute Gasteiger partial charge is 0.341 e. The molecule has 0 radical (unpaired) electrons. The largest absolute Gasteiger partial charge is 0.507 e. The number of nitrogens with zero attached hydrogens (tertiary/aromatic N) is 1. The minimum atomic E-state index is -0.664. The van der Waals surface area contributed by atoms with Gasteiger partial charge >= 0.3 is 5.97 Å². The van der Waals surface area contributed by atoms with Crippen LogP contribution >= 0.6 is 11.3 Å². The summed E-state index contributed by atoms with van der Waals surface area (Å²) in [6.45, 7) is 5.53. The van der Waals surface area contributed by atoms with Crippen LogP contribution in [0.3, 0.4) is 0 Å². The summed E-state index contributed by atoms with van der Waals surface area (Å²) in [7, 11) is 0. The van der Waals surface area contributed by atoms with Crippen molar-refractivity contribution in [2.75, 3.05) is 11.9 Å². The van der Waals surface area contributed by atoms with Gasteiger partial charge in [0.05, 0.1) is 12.2 Å². The number of amides is 1. The van der Waals surface area contributed by atoms with Crippen LogP contribution < -0.4 is 5.32 Å². The molecule has 0 fully saturated rings. The lowest BCUT2D eigenvalue weighted by atomic mass is 10.1. The first-order valence-electron chi connectivity index (χ1n) is 7.87. The number of thiophene rings is 1. The molecular formula is C19H18N2O4S. The lowest BCUT2D eigenvalue weighted by molar-refractivity contribution is -0.112. The standard InChI is InChI=1S/C19H18N2O4S/c1-4-25-19(24)16-11(2)12(3)26-18(16)21-17(23)14(10-20)9-13-7-5-6-8-15(13)22/h5-9,22H,4H2,1-3H3,(H,21,23)/b14-9+. The maximum Gasteiger partial charge on any atom is 0.341 e. The number of benzene rings is 1. The summed E-state index contributed by atoms with van der Waals surface area (Å²) >= 11 is 1.24. The van der Waals surface area contributed by atoms with E-state index in [1.165, 1.54) is 23.5 Å². The monoisotopic (exact) mass is 370 g/mol. The summed E-state index contributed by atoms with van der Waals surface area (Å²) in [6.07, 6.45) is 1.29. The minimum absolute atomic E-state index is 0.0388. The van der Waals surface area contributed by atoms with Crippen molar-refractivity contribution in [1.29, 1.82) is 5.26 Å². The van der Waals surface area contributed by atoms with E-state index in [9.17, 15) is 20.0 Å². The summed E-state index contributed by atoms with van der Waals surface area (Å²) in [5.74, 6) is -1.22. The van der Waals surface area contributed by atoms with E-state index in [1.54, 1.807) is 32.0 Å². The highest BCUT2D eigenvalue weighted by atomic mass is 32.1. The van der Waals surface area contributed by atoms with E-state index in [-0.39, 0.29) is 17.9 Å². The van der Waals surface area contributed by atoms with Crippen LogP contribution in [-0.4, -0.2) is 23.6 Å². The second-order valence-electron chi connectivity index (χ2n) is 5.39. The van der Waals surface area contributed by atoms with Crippen LogP contribution in [0.2, 0.25) is 0 Å². The Bertz CT molecular complexity index is 922. The van der Waals surface area contributed by atoms with E-state index >= 15 is 0 Å². The molecule has 0 aliphatic heterocycles. The first kappa shape index (κ1) is 19.2. The average molecular weight is 370 g/mol. The number of nitriles is 1. The van der Waals surface area contributed by atoms with Gasteiger partial charge in [0.15, 0.2) is 0 Å². The molecule has 1 heterocycles. The van der Waals surface area contributed by atoms with Gasteiger partial charge in [-0.15, -0.1) is 11.3 Å². The lowest BCUT2D eigenvalue weighted by Crippen LogP contribution is -2.16. The van der Waals surface area contributed by atoms with Crippen molar-refractivity contribution in [3.8, 4) is 11.8 Å². The zero-order valence-corrected chi connectivity index (χ0v) is 15.4. The molecule has 0 bridgehead atoms. The molecule has 0 saturated carbocycles. The van der Waals surface area contributed by atoms with Crippen molar-refractivity contribution < 1.29 is 19.4 Å². The third kappa shape index (κ3) is 4.10. The number of carbonyl (C=O) groups excluding carboxylic acids is 2. The highest BCUT2D eigenvalue weighted by molar-refractivity contribution is 7.16. The van der Waals surface area contributed by atoms with Crippen molar-refractivity contribution >= 4 is 34.3 Å². The molecule has 2 rings (SSSR count). The number of ether oxygens (including phenoxy) is 1. The number of aromatic hydroxyl groups is 1. The van der Waals surface area contributed by atoms with Gasteiger partial charge in [0.25, 0.3) is 5.91 Å². The Hall–Kier alpha value is -3.11. The van der Waals surface area contributed by atoms with Gasteiger partial charge in [0.2, 0.25) is 0 Å². The number of rotatable bonds is 5. The Balaban J connectivity index is 2.35. The normalized spacial score (nSPS) is 10.9. The number of phenols is 1. The fourth-order valence-corrected chi connectivity index (χ4v) is 3.29. The van der Waals surface area contributed by atoms with Gasteiger partial charge in [-0.2, -0.15) is 5.26 Å². The number of hydrogen-bond donors (Lipinski definition) is 2. The molecule has 6 nitrogen and oxygen atoms in total. The van der Waals surface area contributed by atoms with Crippen LogP contribution in [0.1, 0.15) is 33.3 Å². The van der Waals surface area contributed by atoms with Gasteiger partial charge in [0.1, 0.15) is 22.4 Å². The van der Waals surface area contributed by atoms with Crippen LogP contribution in [0.5, 0.6) is 5.75 Å². The molecule has 26 heavy (non-hydrogen) atoms. The average Bonchev–Trinajstić information content (AvgIpc) is 2.88. The lowest BCUT2D eigenvalue weighted by Gasteiger charge is -2.07. The topological polar surface area (TPSA) is 99.4 Å². The van der Waals surface area contributed by atoms with Crippen molar-refractivity contribution in [3.05, 3.63) is 51.4 Å². The molecule has 0 saturated heterocycles. The first-order chi connectivity index (χ1) is 12.4. The zero-order chi connectivity index (χ0) is 19.3. The van der Waals surface area contributed by atoms with Gasteiger partial charge in [-0.1, -0.05) is 18.2 Å². The number of phenolic OH excluding ortho intramolecular Hbond substituents is 1. The summed E-state index contributed by atoms with van der Waals surface area (Å²) in [4.78, 5) is 25.5. The molecule has 0 atom stereocenters. The van der Waals surface area contributed by atoms with Crippen molar-refractivity contribution in [1.82, 2.24) is 0 Å². The number of nitrogens with one attached hydrogen (secondary N) is 1. The fourth-order valence-electron chi connectivity index (χ4n) is 2.25. The van der Waals surface area contributed by atoms with Crippen LogP contribution in [-0.2, 0) is 9.53 Å². The highest BCUT2D eigenvalue weighted by Gasteiger charge is 2.23. The number of esters is 1. The summed E-state index contributed by atoms with van der Waals surface area (Å²) < 4.78 is 5.05. The Morgan fingerprint density at radius 2 is 2.04 bits per heavy atom. The van der Waals surface area contributed by atoms with Gasteiger partial charge < -0.3 is 15.2 Å². The van der Waals surface area contributed by atoms with Gasteiger partial charge in [-0.3, -0.25) is 4.79 Å². The summed E-state index contributed by atoms with van der Waals surface area (Å²) in [5, 5.41) is 22.0. The first-order valence-corrected chi connectivity index (χ1v) is 8.68. The third-order valence-electron chi connectivity index (χ3n) is 3.69.